The van der Waals surface area contributed by atoms with Crippen molar-refractivity contribution in [3.05, 3.63) is 41.2 Å². The third kappa shape index (κ3) is 2.97. The molecule has 0 aliphatic rings. The molecule has 0 unspecified atom stereocenters. The van der Waals surface area contributed by atoms with E-state index in [2.05, 4.69) is 15.0 Å². The molecular weight excluding hydrogens is 268 g/mol. The smallest absolute Gasteiger partial charge is 0.322 e. The van der Waals surface area contributed by atoms with Crippen molar-refractivity contribution in [3.8, 4) is 6.01 Å². The van der Waals surface area contributed by atoms with Crippen molar-refractivity contribution >= 4 is 23.5 Å². The van der Waals surface area contributed by atoms with Crippen LogP contribution in [0.15, 0.2) is 30.3 Å². The first kappa shape index (κ1) is 13.2. The summed E-state index contributed by atoms with van der Waals surface area (Å²) in [4.78, 5) is 25.1. The van der Waals surface area contributed by atoms with Crippen LogP contribution in [0.4, 0.5) is 5.95 Å². The minimum Gasteiger partial charge on any atom is -0.467 e. The molecule has 0 radical (unpaired) electrons. The third-order valence-electron chi connectivity index (χ3n) is 2.38. The molecule has 0 atom stereocenters. The number of carbonyl (C=O) groups is 1. The van der Waals surface area contributed by atoms with E-state index in [-0.39, 0.29) is 23.1 Å². The lowest BCUT2D eigenvalue weighted by atomic mass is 10.2. The summed E-state index contributed by atoms with van der Waals surface area (Å²) >= 11 is 5.74. The van der Waals surface area contributed by atoms with Crippen molar-refractivity contribution in [2.75, 3.05) is 19.1 Å². The Morgan fingerprint density at radius 1 is 1.21 bits per heavy atom. The highest BCUT2D eigenvalue weighted by Crippen LogP contribution is 2.15. The molecule has 0 saturated heterocycles. The lowest BCUT2D eigenvalue weighted by Gasteiger charge is -2.15. The molecule has 2 rings (SSSR count). The summed E-state index contributed by atoms with van der Waals surface area (Å²) in [5, 5.41) is -0.0328. The minimum absolute atomic E-state index is 0.0328. The van der Waals surface area contributed by atoms with E-state index >= 15 is 0 Å². The van der Waals surface area contributed by atoms with Crippen molar-refractivity contribution < 1.29 is 9.53 Å². The van der Waals surface area contributed by atoms with Crippen LogP contribution in [-0.4, -0.2) is 35.0 Å². The summed E-state index contributed by atoms with van der Waals surface area (Å²) in [6.45, 7) is 0. The summed E-state index contributed by atoms with van der Waals surface area (Å²) in [7, 11) is 2.97. The van der Waals surface area contributed by atoms with Gasteiger partial charge in [0.25, 0.3) is 5.91 Å². The van der Waals surface area contributed by atoms with E-state index in [1.165, 1.54) is 12.0 Å². The zero-order valence-electron chi connectivity index (χ0n) is 10.4. The molecule has 1 heterocycles. The van der Waals surface area contributed by atoms with Crippen LogP contribution in [0.2, 0.25) is 5.28 Å². The topological polar surface area (TPSA) is 68.2 Å². The molecule has 1 aromatic carbocycles. The average molecular weight is 279 g/mol. The van der Waals surface area contributed by atoms with Gasteiger partial charge in [0.15, 0.2) is 0 Å². The Hall–Kier alpha value is -2.21. The molecule has 7 heteroatoms. The maximum Gasteiger partial charge on any atom is 0.322 e. The Morgan fingerprint density at radius 2 is 1.89 bits per heavy atom. The highest BCUT2D eigenvalue weighted by atomic mass is 35.5. The van der Waals surface area contributed by atoms with Gasteiger partial charge >= 0.3 is 6.01 Å². The summed E-state index contributed by atoms with van der Waals surface area (Å²) in [6.07, 6.45) is 0. The maximum atomic E-state index is 12.2. The molecule has 6 nitrogen and oxygen atoms in total. The fraction of sp³-hybridized carbons (Fsp3) is 0.167. The van der Waals surface area contributed by atoms with Gasteiger partial charge in [-0.05, 0) is 23.7 Å². The van der Waals surface area contributed by atoms with Gasteiger partial charge in [-0.2, -0.15) is 15.0 Å². The Kier molecular flexibility index (Phi) is 3.91. The molecule has 2 aromatic rings. The van der Waals surface area contributed by atoms with Crippen molar-refractivity contribution in [2.45, 2.75) is 0 Å². The predicted octanol–water partition coefficient (Wildman–Crippen LogP) is 1.81. The number of hydrogen-bond donors (Lipinski definition) is 0. The molecule has 0 aliphatic carbocycles. The predicted molar refractivity (Wildman–Crippen MR) is 70.6 cm³/mol. The fourth-order valence-electron chi connectivity index (χ4n) is 1.43. The van der Waals surface area contributed by atoms with Gasteiger partial charge in [0.2, 0.25) is 11.2 Å². The Bertz CT molecular complexity index is 592. The number of nitrogens with zero attached hydrogens (tertiary/aromatic N) is 4. The number of halogens is 1. The normalized spacial score (nSPS) is 10.1. The minimum atomic E-state index is -0.245. The average Bonchev–Trinajstić information content (AvgIpc) is 2.46. The first-order valence-electron chi connectivity index (χ1n) is 5.40. The van der Waals surface area contributed by atoms with Gasteiger partial charge in [0.1, 0.15) is 0 Å². The van der Waals surface area contributed by atoms with Crippen LogP contribution in [0.1, 0.15) is 10.4 Å². The molecule has 1 aromatic heterocycles. The summed E-state index contributed by atoms with van der Waals surface area (Å²) in [5.74, 6) is -0.115. The molecule has 19 heavy (non-hydrogen) atoms. The van der Waals surface area contributed by atoms with E-state index in [1.54, 1.807) is 31.3 Å². The van der Waals surface area contributed by atoms with Gasteiger partial charge in [0.05, 0.1) is 7.11 Å². The molecule has 98 valence electrons. The molecule has 0 bridgehead atoms. The number of amides is 1. The third-order valence-corrected chi connectivity index (χ3v) is 2.55. The van der Waals surface area contributed by atoms with E-state index in [1.807, 2.05) is 6.07 Å². The number of hydrogen-bond acceptors (Lipinski definition) is 5. The monoisotopic (exact) mass is 278 g/mol. The molecule has 0 fully saturated rings. The van der Waals surface area contributed by atoms with Crippen LogP contribution in [0, 0.1) is 0 Å². The van der Waals surface area contributed by atoms with Gasteiger partial charge in [-0.25, -0.2) is 0 Å². The molecule has 0 spiro atoms. The standard InChI is InChI=1S/C12H11ClN4O2/c1-17(9(18)8-6-4-3-5-7-8)11-14-10(13)15-12(16-11)19-2/h3-7H,1-2H3. The number of anilines is 1. The molecule has 0 N–H and O–H groups in total. The van der Waals surface area contributed by atoms with Gasteiger partial charge < -0.3 is 4.74 Å². The van der Waals surface area contributed by atoms with Crippen LogP contribution >= 0.6 is 11.6 Å². The Morgan fingerprint density at radius 3 is 2.53 bits per heavy atom. The number of carbonyl (C=O) groups excluding carboxylic acids is 1. The van der Waals surface area contributed by atoms with Crippen molar-refractivity contribution in [2.24, 2.45) is 0 Å². The van der Waals surface area contributed by atoms with Crippen molar-refractivity contribution in [1.29, 1.82) is 0 Å². The second kappa shape index (κ2) is 5.62. The Labute approximate surface area is 115 Å². The Balaban J connectivity index is 2.31. The lowest BCUT2D eigenvalue weighted by Crippen LogP contribution is -2.28. The number of benzene rings is 1. The summed E-state index contributed by atoms with van der Waals surface area (Å²) in [6, 6.07) is 8.87. The van der Waals surface area contributed by atoms with Crippen LogP contribution in [0.25, 0.3) is 0 Å². The summed E-state index contributed by atoms with van der Waals surface area (Å²) in [5.41, 5.74) is 0.528. The van der Waals surface area contributed by atoms with Crippen molar-refractivity contribution in [3.63, 3.8) is 0 Å². The van der Waals surface area contributed by atoms with Gasteiger partial charge in [-0.1, -0.05) is 18.2 Å². The molecule has 0 saturated carbocycles. The van der Waals surface area contributed by atoms with Crippen LogP contribution in [0.5, 0.6) is 6.01 Å². The second-order valence-corrected chi connectivity index (χ2v) is 3.96. The van der Waals surface area contributed by atoms with E-state index in [4.69, 9.17) is 16.3 Å². The van der Waals surface area contributed by atoms with Crippen LogP contribution in [-0.2, 0) is 0 Å². The zero-order valence-corrected chi connectivity index (χ0v) is 11.1. The number of rotatable bonds is 3. The van der Waals surface area contributed by atoms with E-state index < -0.39 is 0 Å². The highest BCUT2D eigenvalue weighted by Gasteiger charge is 2.17. The SMILES string of the molecule is COc1nc(Cl)nc(N(C)C(=O)c2ccccc2)n1. The second-order valence-electron chi connectivity index (χ2n) is 3.62. The van der Waals surface area contributed by atoms with E-state index in [9.17, 15) is 4.79 Å². The highest BCUT2D eigenvalue weighted by molar-refractivity contribution is 6.28. The quantitative estimate of drug-likeness (QED) is 0.856. The number of methoxy groups -OCH3 is 1. The maximum absolute atomic E-state index is 12.2. The van der Waals surface area contributed by atoms with Crippen LogP contribution < -0.4 is 9.64 Å². The van der Waals surface area contributed by atoms with E-state index in [0.29, 0.717) is 5.56 Å². The first-order chi connectivity index (χ1) is 9.11. The van der Waals surface area contributed by atoms with Gasteiger partial charge in [0, 0.05) is 12.6 Å². The van der Waals surface area contributed by atoms with Gasteiger partial charge in [-0.3, -0.25) is 9.69 Å². The van der Waals surface area contributed by atoms with Crippen LogP contribution in [0.3, 0.4) is 0 Å². The molecule has 0 aliphatic heterocycles. The zero-order chi connectivity index (χ0) is 13.8. The lowest BCUT2D eigenvalue weighted by molar-refractivity contribution is 0.0991. The fourth-order valence-corrected chi connectivity index (χ4v) is 1.58. The van der Waals surface area contributed by atoms with Gasteiger partial charge in [-0.15, -0.1) is 0 Å². The van der Waals surface area contributed by atoms with E-state index in [0.717, 1.165) is 0 Å². The molecule has 1 amide bonds. The summed E-state index contributed by atoms with van der Waals surface area (Å²) < 4.78 is 4.89. The largest absolute Gasteiger partial charge is 0.467 e. The van der Waals surface area contributed by atoms with Crippen molar-refractivity contribution in [1.82, 2.24) is 15.0 Å². The molecular formula is C12H11ClN4O2. The number of aromatic nitrogens is 3. The first-order valence-corrected chi connectivity index (χ1v) is 5.78. The number of ether oxygens (including phenoxy) is 1.